The zero-order valence-corrected chi connectivity index (χ0v) is 14.3. The zero-order valence-electron chi connectivity index (χ0n) is 14.3. The lowest BCUT2D eigenvalue weighted by molar-refractivity contribution is -0.138. The molecule has 3 rings (SSSR count). The van der Waals surface area contributed by atoms with E-state index in [-0.39, 0.29) is 6.10 Å². The highest BCUT2D eigenvalue weighted by Gasteiger charge is 2.40. The highest BCUT2D eigenvalue weighted by molar-refractivity contribution is 5.56. The summed E-state index contributed by atoms with van der Waals surface area (Å²) in [7, 11) is 1.57. The van der Waals surface area contributed by atoms with Crippen LogP contribution in [0.3, 0.4) is 0 Å². The minimum atomic E-state index is -4.86. The zero-order chi connectivity index (χ0) is 19.8. The lowest BCUT2D eigenvalue weighted by Gasteiger charge is -2.29. The van der Waals surface area contributed by atoms with E-state index in [4.69, 9.17) is 9.47 Å². The van der Waals surface area contributed by atoms with Crippen molar-refractivity contribution >= 4 is 5.65 Å². The maximum Gasteiger partial charge on any atom is 0.423 e. The fourth-order valence-electron chi connectivity index (χ4n) is 3.22. The Morgan fingerprint density at radius 2 is 1.67 bits per heavy atom. The third-order valence-electron chi connectivity index (χ3n) is 4.50. The van der Waals surface area contributed by atoms with Gasteiger partial charge in [0.1, 0.15) is 23.6 Å². The van der Waals surface area contributed by atoms with Crippen molar-refractivity contribution in [2.45, 2.75) is 56.7 Å². The van der Waals surface area contributed by atoms with Crippen LogP contribution in [0.15, 0.2) is 12.3 Å². The van der Waals surface area contributed by atoms with Crippen LogP contribution in [0.25, 0.3) is 5.65 Å². The van der Waals surface area contributed by atoms with Gasteiger partial charge < -0.3 is 9.47 Å². The van der Waals surface area contributed by atoms with E-state index in [2.05, 4.69) is 10.2 Å². The Morgan fingerprint density at radius 1 is 1.04 bits per heavy atom. The molecule has 2 aromatic rings. The lowest BCUT2D eigenvalue weighted by atomic mass is 9.95. The van der Waals surface area contributed by atoms with Crippen molar-refractivity contribution in [2.24, 2.45) is 0 Å². The van der Waals surface area contributed by atoms with E-state index < -0.39 is 47.7 Å². The molecule has 0 unspecified atom stereocenters. The molecule has 11 heteroatoms. The number of methoxy groups -OCH3 is 1. The van der Waals surface area contributed by atoms with E-state index in [0.29, 0.717) is 30.1 Å². The van der Waals surface area contributed by atoms with Gasteiger partial charge in [-0.25, -0.2) is 0 Å². The lowest BCUT2D eigenvalue weighted by Crippen LogP contribution is -2.28. The largest absolute Gasteiger partial charge is 0.490 e. The predicted octanol–water partition coefficient (Wildman–Crippen LogP) is 4.19. The first kappa shape index (κ1) is 19.7. The minimum Gasteiger partial charge on any atom is -0.490 e. The van der Waals surface area contributed by atoms with Crippen LogP contribution in [0.5, 0.6) is 5.75 Å². The number of halogens is 6. The number of aromatic nitrogens is 3. The quantitative estimate of drug-likeness (QED) is 0.726. The molecule has 2 heterocycles. The summed E-state index contributed by atoms with van der Waals surface area (Å²) in [6.45, 7) is 0. The van der Waals surface area contributed by atoms with E-state index in [1.807, 2.05) is 0 Å². The average molecular weight is 397 g/mol. The molecule has 1 saturated carbocycles. The molecule has 0 saturated heterocycles. The van der Waals surface area contributed by atoms with Gasteiger partial charge in [-0.3, -0.25) is 4.40 Å². The Morgan fingerprint density at radius 3 is 2.22 bits per heavy atom. The minimum absolute atomic E-state index is 0.0517. The fraction of sp³-hybridized carbons (Fsp3) is 0.625. The van der Waals surface area contributed by atoms with Gasteiger partial charge in [-0.05, 0) is 31.7 Å². The molecule has 1 aliphatic rings. The molecular formula is C16H17F6N3O2. The Labute approximate surface area is 150 Å². The van der Waals surface area contributed by atoms with Gasteiger partial charge in [0.15, 0.2) is 5.65 Å². The molecule has 0 bridgehead atoms. The maximum absolute atomic E-state index is 13.6. The van der Waals surface area contributed by atoms with Gasteiger partial charge in [0.2, 0.25) is 0 Å². The first-order chi connectivity index (χ1) is 12.6. The summed E-state index contributed by atoms with van der Waals surface area (Å²) in [5, 5.41) is 6.63. The second-order valence-corrected chi connectivity index (χ2v) is 6.41. The van der Waals surface area contributed by atoms with Gasteiger partial charge >= 0.3 is 12.4 Å². The third-order valence-corrected chi connectivity index (χ3v) is 4.50. The van der Waals surface area contributed by atoms with Crippen LogP contribution < -0.4 is 4.74 Å². The van der Waals surface area contributed by atoms with E-state index in [1.54, 1.807) is 7.11 Å². The second-order valence-electron chi connectivity index (χ2n) is 6.41. The number of pyridine rings is 1. The molecule has 0 N–H and O–H groups in total. The number of nitrogens with zero attached hydrogens (tertiary/aromatic N) is 3. The van der Waals surface area contributed by atoms with Crippen molar-refractivity contribution in [3.8, 4) is 5.75 Å². The summed E-state index contributed by atoms with van der Waals surface area (Å²) >= 11 is 0. The Balaban J connectivity index is 1.94. The van der Waals surface area contributed by atoms with Crippen LogP contribution in [0.4, 0.5) is 26.3 Å². The number of ether oxygens (including phenoxy) is 2. The monoisotopic (exact) mass is 397 g/mol. The van der Waals surface area contributed by atoms with Crippen molar-refractivity contribution < 1.29 is 35.8 Å². The summed E-state index contributed by atoms with van der Waals surface area (Å²) < 4.78 is 90.0. The normalized spacial score (nSPS) is 21.6. The maximum atomic E-state index is 13.6. The Hall–Kier alpha value is -2.04. The van der Waals surface area contributed by atoms with Crippen LogP contribution >= 0.6 is 0 Å². The molecule has 2 aromatic heterocycles. The number of hydrogen-bond acceptors (Lipinski definition) is 4. The molecule has 0 radical (unpaired) electrons. The van der Waals surface area contributed by atoms with Crippen molar-refractivity contribution in [1.29, 1.82) is 0 Å². The highest BCUT2D eigenvalue weighted by atomic mass is 19.4. The number of alkyl halides is 6. The van der Waals surface area contributed by atoms with Gasteiger partial charge in [0, 0.05) is 13.3 Å². The number of rotatable bonds is 4. The first-order valence-corrected chi connectivity index (χ1v) is 8.28. The van der Waals surface area contributed by atoms with Crippen LogP contribution in [0.1, 0.15) is 37.1 Å². The fourth-order valence-corrected chi connectivity index (χ4v) is 3.22. The molecule has 0 aromatic carbocycles. The van der Waals surface area contributed by atoms with Gasteiger partial charge in [-0.15, -0.1) is 10.2 Å². The molecule has 0 amide bonds. The summed E-state index contributed by atoms with van der Waals surface area (Å²) in [5.74, 6) is -1.07. The van der Waals surface area contributed by atoms with Crippen LogP contribution in [-0.2, 0) is 17.3 Å². The molecule has 5 nitrogen and oxygen atoms in total. The molecule has 0 spiro atoms. The third kappa shape index (κ3) is 4.45. The molecule has 1 aliphatic carbocycles. The van der Waals surface area contributed by atoms with Crippen molar-refractivity contribution in [3.05, 3.63) is 23.7 Å². The summed E-state index contributed by atoms with van der Waals surface area (Å²) in [6.07, 6.45) is -7.90. The van der Waals surface area contributed by atoms with E-state index >= 15 is 0 Å². The summed E-state index contributed by atoms with van der Waals surface area (Å²) in [5.41, 5.74) is -1.93. The van der Waals surface area contributed by atoms with E-state index in [1.165, 1.54) is 0 Å². The Kier molecular flexibility index (Phi) is 5.24. The molecule has 150 valence electrons. The van der Waals surface area contributed by atoms with Crippen LogP contribution in [0.2, 0.25) is 0 Å². The molecular weight excluding hydrogens is 380 g/mol. The van der Waals surface area contributed by atoms with Crippen molar-refractivity contribution in [2.75, 3.05) is 7.11 Å². The molecule has 1 fully saturated rings. The van der Waals surface area contributed by atoms with Crippen LogP contribution in [0, 0.1) is 0 Å². The van der Waals surface area contributed by atoms with Crippen LogP contribution in [-0.4, -0.2) is 40.1 Å². The van der Waals surface area contributed by atoms with E-state index in [0.717, 1.165) is 12.3 Å². The molecule has 27 heavy (non-hydrogen) atoms. The Bertz CT molecular complexity index is 794. The number of fused-ring (bicyclic) bond motifs is 1. The average Bonchev–Trinajstić information content (AvgIpc) is 2.95. The van der Waals surface area contributed by atoms with Gasteiger partial charge in [0.25, 0.3) is 0 Å². The van der Waals surface area contributed by atoms with Crippen molar-refractivity contribution in [3.63, 3.8) is 0 Å². The predicted molar refractivity (Wildman–Crippen MR) is 81.4 cm³/mol. The van der Waals surface area contributed by atoms with E-state index in [9.17, 15) is 26.3 Å². The topological polar surface area (TPSA) is 48.7 Å². The molecule has 0 atom stereocenters. The van der Waals surface area contributed by atoms with Crippen molar-refractivity contribution in [1.82, 2.24) is 14.6 Å². The van der Waals surface area contributed by atoms with Gasteiger partial charge in [-0.1, -0.05) is 0 Å². The SMILES string of the molecule is COC1CCC(Oc2ccn3c(CC(F)(F)F)nnc3c2C(F)(F)F)CC1. The number of hydrogen-bond donors (Lipinski definition) is 0. The first-order valence-electron chi connectivity index (χ1n) is 8.28. The van der Waals surface area contributed by atoms with Gasteiger partial charge in [-0.2, -0.15) is 26.3 Å². The van der Waals surface area contributed by atoms with Gasteiger partial charge in [0.05, 0.1) is 12.2 Å². The summed E-state index contributed by atoms with van der Waals surface area (Å²) in [4.78, 5) is 0. The molecule has 0 aliphatic heterocycles. The smallest absolute Gasteiger partial charge is 0.423 e. The standard InChI is InChI=1S/C16H17F6N3O2/c1-26-9-2-4-10(5-3-9)27-11-6-7-25-12(8-15(17,18)19)23-24-14(25)13(11)16(20,21)22/h6-7,9-10H,2-5,8H2,1H3. The summed E-state index contributed by atoms with van der Waals surface area (Å²) in [6, 6.07) is 1.02. The highest BCUT2D eigenvalue weighted by Crippen LogP contribution is 2.40. The second kappa shape index (κ2) is 7.17.